The number of fused-ring (bicyclic) bond motifs is 1. The maximum Gasteiger partial charge on any atom is 0.163 e. The van der Waals surface area contributed by atoms with E-state index in [0.717, 1.165) is 29.7 Å². The van der Waals surface area contributed by atoms with Crippen molar-refractivity contribution in [2.75, 3.05) is 0 Å². The molecule has 2 nitrogen and oxygen atoms in total. The molecule has 0 heterocycles. The van der Waals surface area contributed by atoms with E-state index in [1.165, 1.54) is 11.1 Å². The van der Waals surface area contributed by atoms with Crippen LogP contribution in [0.15, 0.2) is 42.5 Å². The van der Waals surface area contributed by atoms with Crippen LogP contribution in [0.3, 0.4) is 0 Å². The summed E-state index contributed by atoms with van der Waals surface area (Å²) in [5, 5.41) is 0. The van der Waals surface area contributed by atoms with E-state index >= 15 is 0 Å². The zero-order valence-corrected chi connectivity index (χ0v) is 11.7. The lowest BCUT2D eigenvalue weighted by Gasteiger charge is -2.16. The second-order valence-corrected chi connectivity index (χ2v) is 5.37. The zero-order chi connectivity index (χ0) is 13.9. The molecule has 2 heteroatoms. The Labute approximate surface area is 119 Å². The van der Waals surface area contributed by atoms with E-state index in [-0.39, 0.29) is 5.78 Å². The average Bonchev–Trinajstić information content (AvgIpc) is 2.45. The van der Waals surface area contributed by atoms with E-state index in [4.69, 9.17) is 4.74 Å². The van der Waals surface area contributed by atoms with Crippen LogP contribution in [0.1, 0.15) is 39.9 Å². The molecule has 0 saturated heterocycles. The maximum absolute atomic E-state index is 11.8. The van der Waals surface area contributed by atoms with Gasteiger partial charge in [-0.1, -0.05) is 29.8 Å². The van der Waals surface area contributed by atoms with Gasteiger partial charge in [0.1, 0.15) is 12.4 Å². The summed E-state index contributed by atoms with van der Waals surface area (Å²) in [6.07, 6.45) is 2.60. The fourth-order valence-electron chi connectivity index (χ4n) is 2.68. The Kier molecular flexibility index (Phi) is 3.55. The van der Waals surface area contributed by atoms with Gasteiger partial charge < -0.3 is 4.74 Å². The van der Waals surface area contributed by atoms with Crippen LogP contribution in [0.2, 0.25) is 0 Å². The van der Waals surface area contributed by atoms with E-state index in [9.17, 15) is 4.79 Å². The fraction of sp³-hybridized carbons (Fsp3) is 0.278. The summed E-state index contributed by atoms with van der Waals surface area (Å²) < 4.78 is 5.84. The van der Waals surface area contributed by atoms with Gasteiger partial charge in [-0.2, -0.15) is 0 Å². The Bertz CT molecular complexity index is 644. The molecular weight excluding hydrogens is 248 g/mol. The first kappa shape index (κ1) is 12.9. The molecule has 0 N–H and O–H groups in total. The van der Waals surface area contributed by atoms with Crippen LogP contribution in [0.5, 0.6) is 5.75 Å². The summed E-state index contributed by atoms with van der Waals surface area (Å²) in [5.74, 6) is 1.11. The van der Waals surface area contributed by atoms with E-state index in [0.29, 0.717) is 13.0 Å². The normalized spacial score (nSPS) is 13.9. The van der Waals surface area contributed by atoms with Crippen molar-refractivity contribution < 1.29 is 9.53 Å². The number of carbonyl (C=O) groups excluding carboxylic acids is 1. The van der Waals surface area contributed by atoms with E-state index in [1.807, 2.05) is 24.3 Å². The van der Waals surface area contributed by atoms with Crippen LogP contribution in [-0.4, -0.2) is 5.78 Å². The molecule has 0 saturated carbocycles. The lowest BCUT2D eigenvalue weighted by molar-refractivity contribution is 0.0972. The number of hydrogen-bond donors (Lipinski definition) is 0. The fourth-order valence-corrected chi connectivity index (χ4v) is 2.68. The Morgan fingerprint density at radius 1 is 1.10 bits per heavy atom. The number of rotatable bonds is 3. The van der Waals surface area contributed by atoms with E-state index in [2.05, 4.69) is 25.1 Å². The molecule has 1 aliphatic rings. The summed E-state index contributed by atoms with van der Waals surface area (Å²) in [5.41, 5.74) is 4.41. The molecule has 3 rings (SSSR count). The smallest absolute Gasteiger partial charge is 0.163 e. The highest BCUT2D eigenvalue weighted by Crippen LogP contribution is 2.25. The SMILES string of the molecule is Cc1cccc(COc2ccc3c(c2)CCCC3=O)c1. The lowest BCUT2D eigenvalue weighted by Crippen LogP contribution is -2.10. The van der Waals surface area contributed by atoms with E-state index < -0.39 is 0 Å². The van der Waals surface area contributed by atoms with Gasteiger partial charge >= 0.3 is 0 Å². The molecule has 1 aliphatic carbocycles. The molecular formula is C18H18O2. The maximum atomic E-state index is 11.8. The third-order valence-electron chi connectivity index (χ3n) is 3.72. The molecule has 0 radical (unpaired) electrons. The highest BCUT2D eigenvalue weighted by atomic mass is 16.5. The lowest BCUT2D eigenvalue weighted by atomic mass is 9.90. The number of aryl methyl sites for hydroxylation is 2. The quantitative estimate of drug-likeness (QED) is 0.836. The van der Waals surface area contributed by atoms with Crippen LogP contribution in [0.4, 0.5) is 0 Å². The van der Waals surface area contributed by atoms with Gasteiger partial charge in [0.05, 0.1) is 0 Å². The third-order valence-corrected chi connectivity index (χ3v) is 3.72. The average molecular weight is 266 g/mol. The van der Waals surface area contributed by atoms with Crippen molar-refractivity contribution in [2.45, 2.75) is 32.8 Å². The van der Waals surface area contributed by atoms with Crippen LogP contribution in [0.25, 0.3) is 0 Å². The number of ketones is 1. The molecule has 0 fully saturated rings. The number of benzene rings is 2. The van der Waals surface area contributed by atoms with Gasteiger partial charge in [0.15, 0.2) is 5.78 Å². The second kappa shape index (κ2) is 5.49. The van der Waals surface area contributed by atoms with Gasteiger partial charge in [-0.15, -0.1) is 0 Å². The van der Waals surface area contributed by atoms with Gasteiger partial charge in [-0.3, -0.25) is 4.79 Å². The van der Waals surface area contributed by atoms with Crippen molar-refractivity contribution >= 4 is 5.78 Å². The number of Topliss-reactive ketones (excluding diaryl/α,β-unsaturated/α-hetero) is 1. The standard InChI is InChI=1S/C18H18O2/c1-13-4-2-5-14(10-13)12-20-16-8-9-17-15(11-16)6-3-7-18(17)19/h2,4-5,8-11H,3,6-7,12H2,1H3. The Hall–Kier alpha value is -2.09. The molecule has 0 aliphatic heterocycles. The van der Waals surface area contributed by atoms with E-state index in [1.54, 1.807) is 0 Å². The summed E-state index contributed by atoms with van der Waals surface area (Å²) >= 11 is 0. The minimum absolute atomic E-state index is 0.261. The van der Waals surface area contributed by atoms with Crippen LogP contribution in [-0.2, 0) is 13.0 Å². The largest absolute Gasteiger partial charge is 0.489 e. The molecule has 0 aromatic heterocycles. The first-order valence-electron chi connectivity index (χ1n) is 7.07. The first-order chi connectivity index (χ1) is 9.72. The Morgan fingerprint density at radius 2 is 2.00 bits per heavy atom. The predicted octanol–water partition coefficient (Wildman–Crippen LogP) is 4.09. The predicted molar refractivity (Wildman–Crippen MR) is 79.2 cm³/mol. The molecule has 20 heavy (non-hydrogen) atoms. The molecule has 0 atom stereocenters. The zero-order valence-electron chi connectivity index (χ0n) is 11.7. The summed E-state index contributed by atoms with van der Waals surface area (Å²) in [4.78, 5) is 11.8. The van der Waals surface area contributed by atoms with Gasteiger partial charge in [-0.05, 0) is 49.1 Å². The van der Waals surface area contributed by atoms with Crippen LogP contribution < -0.4 is 4.74 Å². The van der Waals surface area contributed by atoms with Gasteiger partial charge in [0.25, 0.3) is 0 Å². The van der Waals surface area contributed by atoms with Crippen molar-refractivity contribution in [2.24, 2.45) is 0 Å². The Morgan fingerprint density at radius 3 is 2.85 bits per heavy atom. The monoisotopic (exact) mass is 266 g/mol. The van der Waals surface area contributed by atoms with Crippen molar-refractivity contribution in [3.05, 3.63) is 64.7 Å². The van der Waals surface area contributed by atoms with Crippen LogP contribution >= 0.6 is 0 Å². The Balaban J connectivity index is 1.74. The van der Waals surface area contributed by atoms with Crippen molar-refractivity contribution in [3.63, 3.8) is 0 Å². The summed E-state index contributed by atoms with van der Waals surface area (Å²) in [7, 11) is 0. The first-order valence-corrected chi connectivity index (χ1v) is 7.07. The number of hydrogen-bond acceptors (Lipinski definition) is 2. The molecule has 2 aromatic rings. The summed E-state index contributed by atoms with van der Waals surface area (Å²) in [6.45, 7) is 2.64. The molecule has 0 bridgehead atoms. The molecule has 0 amide bonds. The topological polar surface area (TPSA) is 26.3 Å². The van der Waals surface area contributed by atoms with Gasteiger partial charge in [0.2, 0.25) is 0 Å². The third kappa shape index (κ3) is 2.74. The molecule has 0 spiro atoms. The minimum atomic E-state index is 0.261. The van der Waals surface area contributed by atoms with Crippen molar-refractivity contribution in [1.82, 2.24) is 0 Å². The molecule has 2 aromatic carbocycles. The highest BCUT2D eigenvalue weighted by Gasteiger charge is 2.17. The minimum Gasteiger partial charge on any atom is -0.489 e. The number of carbonyl (C=O) groups is 1. The highest BCUT2D eigenvalue weighted by molar-refractivity contribution is 5.98. The summed E-state index contributed by atoms with van der Waals surface area (Å²) in [6, 6.07) is 14.1. The molecule has 0 unspecified atom stereocenters. The van der Waals surface area contributed by atoms with Crippen molar-refractivity contribution in [1.29, 1.82) is 0 Å². The van der Waals surface area contributed by atoms with Crippen molar-refractivity contribution in [3.8, 4) is 5.75 Å². The van der Waals surface area contributed by atoms with Crippen LogP contribution in [0, 0.1) is 6.92 Å². The van der Waals surface area contributed by atoms with Gasteiger partial charge in [-0.25, -0.2) is 0 Å². The second-order valence-electron chi connectivity index (χ2n) is 5.37. The van der Waals surface area contributed by atoms with Gasteiger partial charge in [0, 0.05) is 12.0 Å². The number of ether oxygens (including phenoxy) is 1. The molecule has 102 valence electrons.